The second kappa shape index (κ2) is 14.0. The van der Waals surface area contributed by atoms with Gasteiger partial charge in [0.25, 0.3) is 0 Å². The van der Waals surface area contributed by atoms with Crippen LogP contribution in [0.1, 0.15) is 44.7 Å². The van der Waals surface area contributed by atoms with Crippen LogP contribution in [0.5, 0.6) is 0 Å². The molecule has 1 fully saturated rings. The van der Waals surface area contributed by atoms with Crippen molar-refractivity contribution in [3.8, 4) is 0 Å². The third kappa shape index (κ3) is 7.88. The van der Waals surface area contributed by atoms with E-state index in [1.54, 1.807) is 0 Å². The maximum atomic E-state index is 12.6. The van der Waals surface area contributed by atoms with E-state index in [-0.39, 0.29) is 29.9 Å². The molecule has 7 nitrogen and oxygen atoms in total. The molecule has 180 valence electrons. The monoisotopic (exact) mass is 557 g/mol. The lowest BCUT2D eigenvalue weighted by atomic mass is 10.0. The molecule has 1 aromatic rings. The molecule has 2 aliphatic rings. The molecule has 1 unspecified atom stereocenters. The Kier molecular flexibility index (Phi) is 11.7. The number of ether oxygens (including phenoxy) is 1. The minimum absolute atomic E-state index is 0. The molecule has 2 N–H and O–H groups in total. The van der Waals surface area contributed by atoms with Gasteiger partial charge in [0.15, 0.2) is 5.96 Å². The van der Waals surface area contributed by atoms with Gasteiger partial charge in [0.1, 0.15) is 0 Å². The highest BCUT2D eigenvalue weighted by Crippen LogP contribution is 2.22. The number of rotatable bonds is 9. The number of fused-ring (bicyclic) bond motifs is 1. The lowest BCUT2D eigenvalue weighted by molar-refractivity contribution is -0.131. The van der Waals surface area contributed by atoms with E-state index in [0.717, 1.165) is 71.4 Å². The minimum Gasteiger partial charge on any atom is -0.379 e. The van der Waals surface area contributed by atoms with E-state index >= 15 is 0 Å². The summed E-state index contributed by atoms with van der Waals surface area (Å²) in [7, 11) is 0. The van der Waals surface area contributed by atoms with Crippen LogP contribution < -0.4 is 10.6 Å². The van der Waals surface area contributed by atoms with Gasteiger partial charge in [-0.2, -0.15) is 0 Å². The highest BCUT2D eigenvalue weighted by atomic mass is 127. The van der Waals surface area contributed by atoms with Gasteiger partial charge in [-0.3, -0.25) is 14.7 Å². The van der Waals surface area contributed by atoms with Crippen molar-refractivity contribution in [2.45, 2.75) is 52.7 Å². The highest BCUT2D eigenvalue weighted by molar-refractivity contribution is 14.0. The van der Waals surface area contributed by atoms with Crippen molar-refractivity contribution in [2.75, 3.05) is 45.9 Å². The Morgan fingerprint density at radius 3 is 2.38 bits per heavy atom. The third-order valence-corrected chi connectivity index (χ3v) is 6.12. The Morgan fingerprint density at radius 2 is 1.78 bits per heavy atom. The third-order valence-electron chi connectivity index (χ3n) is 6.12. The first-order chi connectivity index (χ1) is 15.1. The Morgan fingerprint density at radius 1 is 1.12 bits per heavy atom. The molecule has 1 amide bonds. The van der Waals surface area contributed by atoms with Crippen molar-refractivity contribution in [3.05, 3.63) is 35.4 Å². The number of guanidine groups is 1. The highest BCUT2D eigenvalue weighted by Gasteiger charge is 2.24. The SMILES string of the molecule is CCNC(=NCC(C(C)C)N1CCOCC1)NCCCC(=O)N1Cc2ccccc2C1.I. The van der Waals surface area contributed by atoms with Crippen LogP contribution in [0.2, 0.25) is 0 Å². The average molecular weight is 558 g/mol. The zero-order valence-electron chi connectivity index (χ0n) is 19.8. The van der Waals surface area contributed by atoms with Crippen LogP contribution in [0.4, 0.5) is 0 Å². The fourth-order valence-electron chi connectivity index (χ4n) is 4.30. The first-order valence-electron chi connectivity index (χ1n) is 11.8. The topological polar surface area (TPSA) is 69.2 Å². The van der Waals surface area contributed by atoms with Gasteiger partial charge in [0, 0.05) is 51.7 Å². The summed E-state index contributed by atoms with van der Waals surface area (Å²) in [4.78, 5) is 21.9. The summed E-state index contributed by atoms with van der Waals surface area (Å²) in [6.45, 7) is 14.0. The fourth-order valence-corrected chi connectivity index (χ4v) is 4.30. The molecular weight excluding hydrogens is 517 g/mol. The molecule has 8 heteroatoms. The molecule has 1 atom stereocenters. The summed E-state index contributed by atoms with van der Waals surface area (Å²) in [5.74, 6) is 1.60. The fraction of sp³-hybridized carbons (Fsp3) is 0.667. The molecule has 2 aliphatic heterocycles. The van der Waals surface area contributed by atoms with Gasteiger partial charge in [-0.25, -0.2) is 0 Å². The molecule has 2 heterocycles. The summed E-state index contributed by atoms with van der Waals surface area (Å²) >= 11 is 0. The lowest BCUT2D eigenvalue weighted by Gasteiger charge is -2.36. The minimum atomic E-state index is 0. The van der Waals surface area contributed by atoms with Gasteiger partial charge in [-0.15, -0.1) is 24.0 Å². The number of carbonyl (C=O) groups is 1. The first kappa shape index (κ1) is 26.9. The molecule has 32 heavy (non-hydrogen) atoms. The van der Waals surface area contributed by atoms with Crippen molar-refractivity contribution in [3.63, 3.8) is 0 Å². The standard InChI is InChI=1S/C24H39N5O2.HI/c1-4-25-24(27-16-22(19(2)3)28-12-14-31-15-13-28)26-11-7-10-23(30)29-17-20-8-5-6-9-21(20)18-29;/h5-6,8-9,19,22H,4,7,10-18H2,1-3H3,(H2,25,26,27);1H. The zero-order chi connectivity index (χ0) is 22.1. The molecule has 0 aromatic heterocycles. The molecule has 3 rings (SSSR count). The van der Waals surface area contributed by atoms with Crippen molar-refractivity contribution in [2.24, 2.45) is 10.9 Å². The largest absolute Gasteiger partial charge is 0.379 e. The van der Waals surface area contributed by atoms with Crippen molar-refractivity contribution in [1.29, 1.82) is 0 Å². The molecule has 0 radical (unpaired) electrons. The number of halogens is 1. The quantitative estimate of drug-likeness (QED) is 0.212. The van der Waals surface area contributed by atoms with Crippen LogP contribution in [0.25, 0.3) is 0 Å². The number of hydrogen-bond donors (Lipinski definition) is 2. The second-order valence-electron chi connectivity index (χ2n) is 8.73. The van der Waals surface area contributed by atoms with Crippen LogP contribution in [-0.4, -0.2) is 73.6 Å². The van der Waals surface area contributed by atoms with Gasteiger partial charge in [0.05, 0.1) is 19.8 Å². The smallest absolute Gasteiger partial charge is 0.223 e. The Hall–Kier alpha value is -1.39. The van der Waals surface area contributed by atoms with E-state index in [2.05, 4.69) is 48.4 Å². The van der Waals surface area contributed by atoms with Gasteiger partial charge in [-0.05, 0) is 30.4 Å². The van der Waals surface area contributed by atoms with E-state index < -0.39 is 0 Å². The molecule has 1 saturated heterocycles. The number of nitrogens with one attached hydrogen (secondary N) is 2. The summed E-state index contributed by atoms with van der Waals surface area (Å²) in [5, 5.41) is 6.74. The van der Waals surface area contributed by atoms with Crippen LogP contribution in [-0.2, 0) is 22.6 Å². The van der Waals surface area contributed by atoms with Crippen LogP contribution >= 0.6 is 24.0 Å². The van der Waals surface area contributed by atoms with Crippen molar-refractivity contribution in [1.82, 2.24) is 20.4 Å². The van der Waals surface area contributed by atoms with E-state index in [1.165, 1.54) is 11.1 Å². The zero-order valence-corrected chi connectivity index (χ0v) is 22.1. The summed E-state index contributed by atoms with van der Waals surface area (Å²) in [6, 6.07) is 8.73. The summed E-state index contributed by atoms with van der Waals surface area (Å²) in [6.07, 6.45) is 1.36. The van der Waals surface area contributed by atoms with Gasteiger partial charge >= 0.3 is 0 Å². The van der Waals surface area contributed by atoms with Crippen LogP contribution in [0.15, 0.2) is 29.3 Å². The molecular formula is C24H40IN5O2. The maximum absolute atomic E-state index is 12.6. The van der Waals surface area contributed by atoms with E-state index in [9.17, 15) is 4.79 Å². The normalized spacial score (nSPS) is 17.6. The summed E-state index contributed by atoms with van der Waals surface area (Å²) < 4.78 is 5.50. The Labute approximate surface area is 210 Å². The molecule has 0 bridgehead atoms. The molecule has 0 saturated carbocycles. The maximum Gasteiger partial charge on any atom is 0.223 e. The average Bonchev–Trinajstić information content (AvgIpc) is 3.21. The Bertz CT molecular complexity index is 712. The van der Waals surface area contributed by atoms with E-state index in [4.69, 9.17) is 9.73 Å². The predicted molar refractivity (Wildman–Crippen MR) is 140 cm³/mol. The van der Waals surface area contributed by atoms with Crippen LogP contribution in [0.3, 0.4) is 0 Å². The predicted octanol–water partition coefficient (Wildman–Crippen LogP) is 2.84. The van der Waals surface area contributed by atoms with E-state index in [0.29, 0.717) is 18.4 Å². The number of hydrogen-bond acceptors (Lipinski definition) is 4. The Balaban J connectivity index is 0.00000363. The number of morpholine rings is 1. The van der Waals surface area contributed by atoms with Crippen molar-refractivity contribution >= 4 is 35.8 Å². The van der Waals surface area contributed by atoms with Gasteiger partial charge in [0.2, 0.25) is 5.91 Å². The van der Waals surface area contributed by atoms with Crippen molar-refractivity contribution < 1.29 is 9.53 Å². The first-order valence-corrected chi connectivity index (χ1v) is 11.8. The number of nitrogens with zero attached hydrogens (tertiary/aromatic N) is 3. The number of amides is 1. The second-order valence-corrected chi connectivity index (χ2v) is 8.73. The lowest BCUT2D eigenvalue weighted by Crippen LogP contribution is -2.48. The molecule has 0 aliphatic carbocycles. The van der Waals surface area contributed by atoms with Gasteiger partial charge < -0.3 is 20.3 Å². The molecule has 1 aromatic carbocycles. The van der Waals surface area contributed by atoms with Crippen LogP contribution in [0, 0.1) is 5.92 Å². The molecule has 0 spiro atoms. The number of aliphatic imine (C=N–C) groups is 1. The number of benzene rings is 1. The number of carbonyl (C=O) groups excluding carboxylic acids is 1. The van der Waals surface area contributed by atoms with E-state index in [1.807, 2.05) is 17.0 Å². The van der Waals surface area contributed by atoms with Gasteiger partial charge in [-0.1, -0.05) is 38.1 Å². The summed E-state index contributed by atoms with van der Waals surface area (Å²) in [5.41, 5.74) is 2.55.